The smallest absolute Gasteiger partial charge is 0.186 e. The average molecular weight is 206 g/mol. The first-order valence-electron chi connectivity index (χ1n) is 5.12. The van der Waals surface area contributed by atoms with Crippen LogP contribution in [0.5, 0.6) is 0 Å². The predicted molar refractivity (Wildman–Crippen MR) is 59.8 cm³/mol. The molecule has 0 unspecified atom stereocenters. The van der Waals surface area contributed by atoms with Crippen molar-refractivity contribution in [1.29, 1.82) is 0 Å². The molecule has 0 atom stereocenters. The maximum absolute atomic E-state index is 11.7. The van der Waals surface area contributed by atoms with Gasteiger partial charge in [-0.1, -0.05) is 12.0 Å². The highest BCUT2D eigenvalue weighted by molar-refractivity contribution is 7.08. The summed E-state index contributed by atoms with van der Waals surface area (Å²) in [6, 6.07) is 1.90. The van der Waals surface area contributed by atoms with Gasteiger partial charge in [0.05, 0.1) is 0 Å². The number of rotatable bonds is 2. The minimum atomic E-state index is 0.183. The van der Waals surface area contributed by atoms with Crippen LogP contribution in [0.1, 0.15) is 42.5 Å². The minimum absolute atomic E-state index is 0.183. The molecule has 0 radical (unpaired) electrons. The molecule has 2 heteroatoms. The van der Waals surface area contributed by atoms with Gasteiger partial charge in [0, 0.05) is 10.9 Å². The number of hydrogen-bond donors (Lipinski definition) is 0. The van der Waals surface area contributed by atoms with Gasteiger partial charge in [0.15, 0.2) is 5.78 Å². The first kappa shape index (κ1) is 9.66. The molecule has 1 fully saturated rings. The highest BCUT2D eigenvalue weighted by atomic mass is 32.1. The predicted octanol–water partition coefficient (Wildman–Crippen LogP) is 3.82. The molecule has 2 rings (SSSR count). The van der Waals surface area contributed by atoms with Crippen LogP contribution in [-0.4, -0.2) is 5.78 Å². The van der Waals surface area contributed by atoms with Gasteiger partial charge in [-0.15, -0.1) is 0 Å². The number of carbonyl (C=O) groups is 1. The van der Waals surface area contributed by atoms with Crippen LogP contribution in [0.3, 0.4) is 0 Å². The van der Waals surface area contributed by atoms with E-state index in [2.05, 4.69) is 0 Å². The molecule has 0 aromatic carbocycles. The number of thiophene rings is 1. The molecule has 0 N–H and O–H groups in total. The van der Waals surface area contributed by atoms with E-state index in [-0.39, 0.29) is 5.78 Å². The molecular weight excluding hydrogens is 192 g/mol. The van der Waals surface area contributed by atoms with E-state index in [0.29, 0.717) is 0 Å². The highest BCUT2D eigenvalue weighted by Crippen LogP contribution is 2.23. The molecule has 0 aliphatic heterocycles. The molecule has 0 amide bonds. The molecule has 0 saturated heterocycles. The van der Waals surface area contributed by atoms with Crippen molar-refractivity contribution < 1.29 is 4.79 Å². The zero-order valence-corrected chi connectivity index (χ0v) is 8.98. The molecule has 1 heterocycles. The second-order valence-corrected chi connectivity index (χ2v) is 4.52. The summed E-state index contributed by atoms with van der Waals surface area (Å²) >= 11 is 1.58. The van der Waals surface area contributed by atoms with Crippen LogP contribution in [0.4, 0.5) is 0 Å². The fraction of sp³-hybridized carbons (Fsp3) is 0.417. The zero-order valence-electron chi connectivity index (χ0n) is 8.16. The molecule has 0 spiro atoms. The third kappa shape index (κ3) is 2.32. The van der Waals surface area contributed by atoms with Gasteiger partial charge in [0.1, 0.15) is 0 Å². The van der Waals surface area contributed by atoms with Crippen molar-refractivity contribution in [2.45, 2.75) is 32.1 Å². The van der Waals surface area contributed by atoms with E-state index in [0.717, 1.165) is 18.4 Å². The van der Waals surface area contributed by atoms with Crippen LogP contribution in [0.15, 0.2) is 28.5 Å². The standard InChI is InChI=1S/C12H14OS/c13-12(11-6-7-14-9-11)8-10-4-2-1-3-5-10/h6-9H,1-5H2. The van der Waals surface area contributed by atoms with Gasteiger partial charge in [-0.25, -0.2) is 0 Å². The van der Waals surface area contributed by atoms with E-state index in [1.54, 1.807) is 11.3 Å². The molecule has 1 aliphatic carbocycles. The van der Waals surface area contributed by atoms with Crippen molar-refractivity contribution in [3.05, 3.63) is 34.0 Å². The normalized spacial score (nSPS) is 16.7. The summed E-state index contributed by atoms with van der Waals surface area (Å²) < 4.78 is 0. The fourth-order valence-corrected chi connectivity index (χ4v) is 2.47. The first-order chi connectivity index (χ1) is 6.86. The molecule has 1 saturated carbocycles. The van der Waals surface area contributed by atoms with Crippen molar-refractivity contribution in [2.24, 2.45) is 0 Å². The van der Waals surface area contributed by atoms with Crippen LogP contribution in [0, 0.1) is 0 Å². The molecule has 1 aliphatic rings. The summed E-state index contributed by atoms with van der Waals surface area (Å²) in [5, 5.41) is 3.87. The Balaban J connectivity index is 2.05. The second kappa shape index (κ2) is 4.56. The van der Waals surface area contributed by atoms with E-state index < -0.39 is 0 Å². The van der Waals surface area contributed by atoms with E-state index >= 15 is 0 Å². The third-order valence-electron chi connectivity index (χ3n) is 2.64. The van der Waals surface area contributed by atoms with Gasteiger partial charge in [-0.2, -0.15) is 11.3 Å². The third-order valence-corrected chi connectivity index (χ3v) is 3.32. The lowest BCUT2D eigenvalue weighted by Crippen LogP contribution is -1.98. The zero-order chi connectivity index (χ0) is 9.80. The van der Waals surface area contributed by atoms with Crippen molar-refractivity contribution in [3.8, 4) is 0 Å². The summed E-state index contributed by atoms with van der Waals surface area (Å²) in [7, 11) is 0. The van der Waals surface area contributed by atoms with Gasteiger partial charge in [-0.3, -0.25) is 4.79 Å². The van der Waals surface area contributed by atoms with Gasteiger partial charge >= 0.3 is 0 Å². The molecular formula is C12H14OS. The summed E-state index contributed by atoms with van der Waals surface area (Å²) in [4.78, 5) is 11.7. The summed E-state index contributed by atoms with van der Waals surface area (Å²) in [5.74, 6) is 0.183. The first-order valence-corrected chi connectivity index (χ1v) is 6.06. The van der Waals surface area contributed by atoms with Crippen LogP contribution in [0.2, 0.25) is 0 Å². The molecule has 74 valence electrons. The Hall–Kier alpha value is -0.890. The lowest BCUT2D eigenvalue weighted by molar-refractivity contribution is 0.104. The lowest BCUT2D eigenvalue weighted by Gasteiger charge is -2.12. The van der Waals surface area contributed by atoms with Crippen LogP contribution in [-0.2, 0) is 0 Å². The number of allylic oxidation sites excluding steroid dienone is 2. The Labute approximate surface area is 88.5 Å². The van der Waals surface area contributed by atoms with Gasteiger partial charge in [-0.05, 0) is 43.2 Å². The fourth-order valence-electron chi connectivity index (χ4n) is 1.82. The Kier molecular flexibility index (Phi) is 3.14. The van der Waals surface area contributed by atoms with Crippen LogP contribution in [0.25, 0.3) is 0 Å². The van der Waals surface area contributed by atoms with Crippen molar-refractivity contribution in [2.75, 3.05) is 0 Å². The molecule has 1 aromatic heterocycles. The van der Waals surface area contributed by atoms with Gasteiger partial charge in [0.25, 0.3) is 0 Å². The van der Waals surface area contributed by atoms with E-state index in [1.165, 1.54) is 24.8 Å². The quantitative estimate of drug-likeness (QED) is 0.531. The van der Waals surface area contributed by atoms with E-state index in [9.17, 15) is 4.79 Å². The number of ketones is 1. The Morgan fingerprint density at radius 2 is 2.07 bits per heavy atom. The van der Waals surface area contributed by atoms with Crippen LogP contribution < -0.4 is 0 Å². The molecule has 0 bridgehead atoms. The number of hydrogen-bond acceptors (Lipinski definition) is 2. The Morgan fingerprint density at radius 1 is 1.29 bits per heavy atom. The topological polar surface area (TPSA) is 17.1 Å². The highest BCUT2D eigenvalue weighted by Gasteiger charge is 2.08. The monoisotopic (exact) mass is 206 g/mol. The molecule has 14 heavy (non-hydrogen) atoms. The Bertz CT molecular complexity index is 327. The SMILES string of the molecule is O=C(C=C1CCCCC1)c1ccsc1. The Morgan fingerprint density at radius 3 is 2.71 bits per heavy atom. The largest absolute Gasteiger partial charge is 0.289 e. The van der Waals surface area contributed by atoms with Gasteiger partial charge in [0.2, 0.25) is 0 Å². The van der Waals surface area contributed by atoms with Crippen molar-refractivity contribution in [1.82, 2.24) is 0 Å². The second-order valence-electron chi connectivity index (χ2n) is 3.74. The summed E-state index contributed by atoms with van der Waals surface area (Å²) in [6.07, 6.45) is 7.92. The van der Waals surface area contributed by atoms with Crippen LogP contribution >= 0.6 is 11.3 Å². The molecule has 1 nitrogen and oxygen atoms in total. The number of carbonyl (C=O) groups excluding carboxylic acids is 1. The van der Waals surface area contributed by atoms with E-state index in [1.807, 2.05) is 22.9 Å². The molecule has 1 aromatic rings. The summed E-state index contributed by atoms with van der Waals surface area (Å²) in [5.41, 5.74) is 2.18. The summed E-state index contributed by atoms with van der Waals surface area (Å²) in [6.45, 7) is 0. The average Bonchev–Trinajstić information content (AvgIpc) is 2.72. The van der Waals surface area contributed by atoms with Crippen molar-refractivity contribution >= 4 is 17.1 Å². The maximum atomic E-state index is 11.7. The van der Waals surface area contributed by atoms with Gasteiger partial charge < -0.3 is 0 Å². The van der Waals surface area contributed by atoms with E-state index in [4.69, 9.17) is 0 Å². The maximum Gasteiger partial charge on any atom is 0.186 e. The lowest BCUT2D eigenvalue weighted by atomic mass is 9.93. The minimum Gasteiger partial charge on any atom is -0.289 e. The van der Waals surface area contributed by atoms with Crippen molar-refractivity contribution in [3.63, 3.8) is 0 Å².